The van der Waals surface area contributed by atoms with Crippen molar-refractivity contribution in [2.45, 2.75) is 6.42 Å². The summed E-state index contributed by atoms with van der Waals surface area (Å²) in [7, 11) is 1.60. The van der Waals surface area contributed by atoms with Crippen molar-refractivity contribution in [3.63, 3.8) is 0 Å². The van der Waals surface area contributed by atoms with Crippen molar-refractivity contribution in [1.29, 1.82) is 0 Å². The van der Waals surface area contributed by atoms with Crippen LogP contribution in [0.5, 0.6) is 5.75 Å². The Hall–Kier alpha value is -2.41. The summed E-state index contributed by atoms with van der Waals surface area (Å²) >= 11 is 3.22. The first-order valence-electron chi connectivity index (χ1n) is 7.26. The minimum absolute atomic E-state index is 0.284. The summed E-state index contributed by atoms with van der Waals surface area (Å²) in [6.45, 7) is 0.0898. The highest BCUT2D eigenvalue weighted by Gasteiger charge is 2.11. The molecular formula is C17H17BrN2O4. The van der Waals surface area contributed by atoms with Crippen LogP contribution in [0.4, 0.5) is 0 Å². The molecule has 6 nitrogen and oxygen atoms in total. The van der Waals surface area contributed by atoms with Crippen LogP contribution in [0.3, 0.4) is 0 Å². The van der Waals surface area contributed by atoms with Crippen LogP contribution in [-0.4, -0.2) is 37.1 Å². The smallest absolute Gasteiger partial charge is 0.340 e. The van der Waals surface area contributed by atoms with Crippen molar-refractivity contribution in [1.82, 2.24) is 10.3 Å². The molecule has 0 spiro atoms. The predicted molar refractivity (Wildman–Crippen MR) is 91.9 cm³/mol. The van der Waals surface area contributed by atoms with Gasteiger partial charge < -0.3 is 14.8 Å². The maximum Gasteiger partial charge on any atom is 0.340 e. The SMILES string of the molecule is COc1ccccc1CCNC(=O)COC(=O)c1cncc(Br)c1. The molecule has 126 valence electrons. The van der Waals surface area contributed by atoms with Gasteiger partial charge in [-0.1, -0.05) is 18.2 Å². The van der Waals surface area contributed by atoms with Gasteiger partial charge in [-0.15, -0.1) is 0 Å². The molecule has 1 amide bonds. The number of carbonyl (C=O) groups excluding carboxylic acids is 2. The van der Waals surface area contributed by atoms with E-state index < -0.39 is 5.97 Å². The number of para-hydroxylation sites is 1. The number of nitrogens with zero attached hydrogens (tertiary/aromatic N) is 1. The lowest BCUT2D eigenvalue weighted by molar-refractivity contribution is -0.124. The quantitative estimate of drug-likeness (QED) is 0.731. The van der Waals surface area contributed by atoms with Crippen molar-refractivity contribution < 1.29 is 19.1 Å². The number of benzene rings is 1. The number of halogens is 1. The molecule has 0 aliphatic rings. The Morgan fingerprint density at radius 1 is 1.25 bits per heavy atom. The second kappa shape index (κ2) is 9.02. The summed E-state index contributed by atoms with van der Waals surface area (Å²) in [5, 5.41) is 2.70. The first-order chi connectivity index (χ1) is 11.6. The van der Waals surface area contributed by atoms with Gasteiger partial charge in [-0.25, -0.2) is 4.79 Å². The Morgan fingerprint density at radius 2 is 2.04 bits per heavy atom. The van der Waals surface area contributed by atoms with Gasteiger partial charge in [-0.2, -0.15) is 0 Å². The molecule has 2 rings (SSSR count). The van der Waals surface area contributed by atoms with Gasteiger partial charge >= 0.3 is 5.97 Å². The molecule has 24 heavy (non-hydrogen) atoms. The Morgan fingerprint density at radius 3 is 2.79 bits per heavy atom. The van der Waals surface area contributed by atoms with Crippen LogP contribution in [0, 0.1) is 0 Å². The molecule has 0 atom stereocenters. The number of carbonyl (C=O) groups is 2. The number of esters is 1. The number of ether oxygens (including phenoxy) is 2. The van der Waals surface area contributed by atoms with Crippen molar-refractivity contribution in [3.8, 4) is 5.75 Å². The molecule has 2 aromatic rings. The summed E-state index contributed by atoms with van der Waals surface area (Å²) < 4.78 is 10.9. The lowest BCUT2D eigenvalue weighted by Gasteiger charge is -2.09. The lowest BCUT2D eigenvalue weighted by atomic mass is 10.1. The highest BCUT2D eigenvalue weighted by atomic mass is 79.9. The summed E-state index contributed by atoms with van der Waals surface area (Å²) in [6.07, 6.45) is 3.56. The zero-order valence-electron chi connectivity index (χ0n) is 13.1. The lowest BCUT2D eigenvalue weighted by Crippen LogP contribution is -2.30. The fraction of sp³-hybridized carbons (Fsp3) is 0.235. The number of hydrogen-bond acceptors (Lipinski definition) is 5. The minimum Gasteiger partial charge on any atom is -0.496 e. The highest BCUT2D eigenvalue weighted by Crippen LogP contribution is 2.17. The molecule has 0 aliphatic heterocycles. The van der Waals surface area contributed by atoms with Crippen molar-refractivity contribution >= 4 is 27.8 Å². The molecule has 0 fully saturated rings. The topological polar surface area (TPSA) is 77.5 Å². The highest BCUT2D eigenvalue weighted by molar-refractivity contribution is 9.10. The molecule has 0 unspecified atom stereocenters. The maximum absolute atomic E-state index is 11.8. The van der Waals surface area contributed by atoms with E-state index in [1.165, 1.54) is 6.20 Å². The first kappa shape index (κ1) is 17.9. The zero-order chi connectivity index (χ0) is 17.4. The molecule has 0 bridgehead atoms. The number of aromatic nitrogens is 1. The van der Waals surface area contributed by atoms with Crippen LogP contribution in [0.2, 0.25) is 0 Å². The molecule has 1 N–H and O–H groups in total. The Labute approximate surface area is 148 Å². The number of hydrogen-bond donors (Lipinski definition) is 1. The Kier molecular flexibility index (Phi) is 6.74. The van der Waals surface area contributed by atoms with Gasteiger partial charge in [-0.3, -0.25) is 9.78 Å². The normalized spacial score (nSPS) is 10.1. The van der Waals surface area contributed by atoms with Gasteiger partial charge in [0.25, 0.3) is 5.91 Å². The molecule has 1 aromatic carbocycles. The van der Waals surface area contributed by atoms with Gasteiger partial charge in [0.2, 0.25) is 0 Å². The second-order valence-electron chi connectivity index (χ2n) is 4.88. The largest absolute Gasteiger partial charge is 0.496 e. The van der Waals surface area contributed by atoms with Crippen LogP contribution >= 0.6 is 15.9 Å². The van der Waals surface area contributed by atoms with Gasteiger partial charge in [-0.05, 0) is 40.0 Å². The van der Waals surface area contributed by atoms with E-state index in [1.807, 2.05) is 24.3 Å². The predicted octanol–water partition coefficient (Wildman–Crippen LogP) is 2.37. The summed E-state index contributed by atoms with van der Waals surface area (Å²) in [5.41, 5.74) is 1.28. The van der Waals surface area contributed by atoms with E-state index in [0.717, 1.165) is 11.3 Å². The molecule has 1 heterocycles. The van der Waals surface area contributed by atoms with E-state index in [1.54, 1.807) is 19.4 Å². The van der Waals surface area contributed by atoms with Crippen molar-refractivity contribution in [3.05, 3.63) is 58.3 Å². The molecular weight excluding hydrogens is 376 g/mol. The first-order valence-corrected chi connectivity index (χ1v) is 8.05. The number of pyridine rings is 1. The van der Waals surface area contributed by atoms with Gasteiger partial charge in [0.15, 0.2) is 6.61 Å². The van der Waals surface area contributed by atoms with E-state index in [2.05, 4.69) is 26.2 Å². The average Bonchev–Trinajstić information content (AvgIpc) is 2.60. The van der Waals surface area contributed by atoms with Crippen LogP contribution < -0.4 is 10.1 Å². The third-order valence-electron chi connectivity index (χ3n) is 3.18. The van der Waals surface area contributed by atoms with Crippen LogP contribution in [-0.2, 0) is 16.0 Å². The Balaban J connectivity index is 1.74. The van der Waals surface area contributed by atoms with Gasteiger partial charge in [0.1, 0.15) is 5.75 Å². The van der Waals surface area contributed by atoms with Crippen LogP contribution in [0.25, 0.3) is 0 Å². The standard InChI is InChI=1S/C17H17BrN2O4/c1-23-15-5-3-2-4-12(15)6-7-20-16(21)11-24-17(22)13-8-14(18)10-19-9-13/h2-5,8-10H,6-7,11H2,1H3,(H,20,21). The maximum atomic E-state index is 11.8. The average molecular weight is 393 g/mol. The van der Waals surface area contributed by atoms with Crippen LogP contribution in [0.1, 0.15) is 15.9 Å². The molecule has 0 aliphatic carbocycles. The number of nitrogens with one attached hydrogen (secondary N) is 1. The summed E-state index contributed by atoms with van der Waals surface area (Å²) in [5.74, 6) is -0.176. The molecule has 0 saturated carbocycles. The van der Waals surface area contributed by atoms with Crippen LogP contribution in [0.15, 0.2) is 47.2 Å². The summed E-state index contributed by atoms with van der Waals surface area (Å²) in [4.78, 5) is 27.4. The Bertz CT molecular complexity index is 721. The number of amides is 1. The number of rotatable bonds is 7. The van der Waals surface area contributed by atoms with Gasteiger partial charge in [0, 0.05) is 23.4 Å². The monoisotopic (exact) mass is 392 g/mol. The fourth-order valence-corrected chi connectivity index (χ4v) is 2.40. The van der Waals surface area contributed by atoms with Crippen molar-refractivity contribution in [2.75, 3.05) is 20.3 Å². The van der Waals surface area contributed by atoms with E-state index in [9.17, 15) is 9.59 Å². The minimum atomic E-state index is -0.594. The zero-order valence-corrected chi connectivity index (χ0v) is 14.7. The van der Waals surface area contributed by atoms with Crippen molar-refractivity contribution in [2.24, 2.45) is 0 Å². The molecule has 0 radical (unpaired) electrons. The summed E-state index contributed by atoms with van der Waals surface area (Å²) in [6, 6.07) is 9.18. The van der Waals surface area contributed by atoms with E-state index in [-0.39, 0.29) is 18.1 Å². The third kappa shape index (κ3) is 5.34. The fourth-order valence-electron chi connectivity index (χ4n) is 2.04. The van der Waals surface area contributed by atoms with Gasteiger partial charge in [0.05, 0.1) is 12.7 Å². The third-order valence-corrected chi connectivity index (χ3v) is 3.62. The van der Waals surface area contributed by atoms with E-state index >= 15 is 0 Å². The molecule has 1 aromatic heterocycles. The molecule has 7 heteroatoms. The second-order valence-corrected chi connectivity index (χ2v) is 5.80. The molecule has 0 saturated heterocycles. The number of methoxy groups -OCH3 is 1. The van der Waals surface area contributed by atoms with E-state index in [4.69, 9.17) is 9.47 Å². The van der Waals surface area contributed by atoms with E-state index in [0.29, 0.717) is 17.4 Å².